The number of nitrogens with one attached hydrogen (secondary N) is 1. The predicted octanol–water partition coefficient (Wildman–Crippen LogP) is 5.81. The van der Waals surface area contributed by atoms with Gasteiger partial charge in [-0.1, -0.05) is 65.3 Å². The van der Waals surface area contributed by atoms with Crippen molar-refractivity contribution in [3.63, 3.8) is 0 Å². The molecule has 0 radical (unpaired) electrons. The van der Waals surface area contributed by atoms with Crippen LogP contribution in [0.1, 0.15) is 21.7 Å². The van der Waals surface area contributed by atoms with Crippen LogP contribution >= 0.6 is 35.0 Å². The molecule has 0 atom stereocenters. The first kappa shape index (κ1) is 24.9. The summed E-state index contributed by atoms with van der Waals surface area (Å²) in [4.78, 5) is 12.9. The summed E-state index contributed by atoms with van der Waals surface area (Å²) < 4.78 is 12.4. The third-order valence-electron chi connectivity index (χ3n) is 5.08. The predicted molar refractivity (Wildman–Crippen MR) is 138 cm³/mol. The Morgan fingerprint density at radius 1 is 0.971 bits per heavy atom. The van der Waals surface area contributed by atoms with Crippen molar-refractivity contribution in [1.29, 1.82) is 0 Å². The molecule has 0 spiro atoms. The number of rotatable bonds is 9. The van der Waals surface area contributed by atoms with Crippen LogP contribution < -0.4 is 14.8 Å². The molecule has 4 rings (SSSR count). The van der Waals surface area contributed by atoms with Crippen molar-refractivity contribution < 1.29 is 14.3 Å². The van der Waals surface area contributed by atoms with Crippen molar-refractivity contribution in [3.8, 4) is 17.2 Å². The van der Waals surface area contributed by atoms with Gasteiger partial charge < -0.3 is 14.8 Å². The molecule has 0 aliphatic carbocycles. The van der Waals surface area contributed by atoms with E-state index in [1.165, 1.54) is 26.0 Å². The van der Waals surface area contributed by atoms with E-state index in [4.69, 9.17) is 32.7 Å². The molecule has 0 aliphatic heterocycles. The number of hydrogen-bond donors (Lipinski definition) is 1. The highest BCUT2D eigenvalue weighted by Gasteiger charge is 2.19. The second kappa shape index (κ2) is 11.5. The molecule has 1 amide bonds. The summed E-state index contributed by atoms with van der Waals surface area (Å²) in [5, 5.41) is 13.2. The molecule has 1 N–H and O–H groups in total. The topological polar surface area (TPSA) is 78.3 Å². The van der Waals surface area contributed by atoms with E-state index >= 15 is 0 Å². The minimum atomic E-state index is -0.308. The Bertz CT molecular complexity index is 1310. The first-order valence-corrected chi connectivity index (χ1v) is 12.3. The second-order valence-corrected chi connectivity index (χ2v) is 9.17. The molecule has 4 aromatic rings. The molecule has 0 saturated carbocycles. The SMILES string of the molecule is COc1cc(OC)cc(C(=O)NCc2nnc(SCc3ccccc3)n2-c2ccc(Cl)cc2Cl)c1. The van der Waals surface area contributed by atoms with Gasteiger partial charge in [-0.15, -0.1) is 10.2 Å². The summed E-state index contributed by atoms with van der Waals surface area (Å²) in [5.74, 6) is 1.95. The van der Waals surface area contributed by atoms with Crippen LogP contribution in [0.25, 0.3) is 5.69 Å². The summed E-state index contributed by atoms with van der Waals surface area (Å²) in [5.41, 5.74) is 2.22. The molecule has 1 aromatic heterocycles. The van der Waals surface area contributed by atoms with Crippen LogP contribution in [-0.4, -0.2) is 34.9 Å². The lowest BCUT2D eigenvalue weighted by Gasteiger charge is -2.13. The highest BCUT2D eigenvalue weighted by molar-refractivity contribution is 7.98. The van der Waals surface area contributed by atoms with Crippen LogP contribution in [0.3, 0.4) is 0 Å². The van der Waals surface area contributed by atoms with E-state index in [1.54, 1.807) is 36.4 Å². The third kappa shape index (κ3) is 6.08. The van der Waals surface area contributed by atoms with Gasteiger partial charge >= 0.3 is 0 Å². The number of benzene rings is 3. The monoisotopic (exact) mass is 528 g/mol. The third-order valence-corrected chi connectivity index (χ3v) is 6.62. The quantitative estimate of drug-likeness (QED) is 0.276. The maximum atomic E-state index is 12.9. The van der Waals surface area contributed by atoms with E-state index < -0.39 is 0 Å². The van der Waals surface area contributed by atoms with Crippen molar-refractivity contribution in [2.45, 2.75) is 17.5 Å². The Kier molecular flexibility index (Phi) is 8.17. The van der Waals surface area contributed by atoms with E-state index in [0.29, 0.717) is 49.5 Å². The van der Waals surface area contributed by atoms with E-state index in [2.05, 4.69) is 15.5 Å². The minimum Gasteiger partial charge on any atom is -0.497 e. The van der Waals surface area contributed by atoms with Crippen LogP contribution in [0.2, 0.25) is 10.0 Å². The molecule has 3 aromatic carbocycles. The number of hydrogen-bond acceptors (Lipinski definition) is 6. The highest BCUT2D eigenvalue weighted by atomic mass is 35.5. The molecule has 10 heteroatoms. The zero-order valence-corrected chi connectivity index (χ0v) is 21.3. The molecule has 35 heavy (non-hydrogen) atoms. The van der Waals surface area contributed by atoms with Crippen LogP contribution in [0, 0.1) is 0 Å². The fourth-order valence-electron chi connectivity index (χ4n) is 3.33. The molecule has 7 nitrogen and oxygen atoms in total. The van der Waals surface area contributed by atoms with Gasteiger partial charge in [0.05, 0.1) is 31.5 Å². The molecule has 0 unspecified atom stereocenters. The lowest BCUT2D eigenvalue weighted by atomic mass is 10.2. The van der Waals surface area contributed by atoms with Gasteiger partial charge in [0.1, 0.15) is 11.5 Å². The highest BCUT2D eigenvalue weighted by Crippen LogP contribution is 2.31. The Morgan fingerprint density at radius 3 is 2.34 bits per heavy atom. The first-order valence-electron chi connectivity index (χ1n) is 10.6. The maximum Gasteiger partial charge on any atom is 0.251 e. The fraction of sp³-hybridized carbons (Fsp3) is 0.160. The summed E-state index contributed by atoms with van der Waals surface area (Å²) in [6, 6.07) is 20.2. The van der Waals surface area contributed by atoms with Gasteiger partial charge in [-0.3, -0.25) is 9.36 Å². The molecule has 0 fully saturated rings. The normalized spacial score (nSPS) is 10.7. The van der Waals surface area contributed by atoms with Crippen LogP contribution in [-0.2, 0) is 12.3 Å². The number of carbonyl (C=O) groups is 1. The second-order valence-electron chi connectivity index (χ2n) is 7.39. The summed E-state index contributed by atoms with van der Waals surface area (Å²) in [6.07, 6.45) is 0. The number of aromatic nitrogens is 3. The maximum absolute atomic E-state index is 12.9. The van der Waals surface area contributed by atoms with E-state index in [-0.39, 0.29) is 12.5 Å². The number of carbonyl (C=O) groups excluding carboxylic acids is 1. The molecule has 1 heterocycles. The van der Waals surface area contributed by atoms with Gasteiger partial charge in [-0.05, 0) is 35.9 Å². The van der Waals surface area contributed by atoms with Gasteiger partial charge in [0, 0.05) is 22.4 Å². The van der Waals surface area contributed by atoms with Crippen LogP contribution in [0.5, 0.6) is 11.5 Å². The van der Waals surface area contributed by atoms with Crippen LogP contribution in [0.4, 0.5) is 0 Å². The van der Waals surface area contributed by atoms with Crippen molar-refractivity contribution >= 4 is 40.9 Å². The number of amides is 1. The van der Waals surface area contributed by atoms with E-state index in [1.807, 2.05) is 34.9 Å². The van der Waals surface area contributed by atoms with Crippen molar-refractivity contribution in [3.05, 3.63) is 93.7 Å². The smallest absolute Gasteiger partial charge is 0.251 e. The number of thioether (sulfide) groups is 1. The van der Waals surface area contributed by atoms with E-state index in [0.717, 1.165) is 5.56 Å². The Hall–Kier alpha value is -3.20. The largest absolute Gasteiger partial charge is 0.497 e. The summed E-state index contributed by atoms with van der Waals surface area (Å²) >= 11 is 14.2. The Morgan fingerprint density at radius 2 is 1.69 bits per heavy atom. The van der Waals surface area contributed by atoms with Crippen LogP contribution in [0.15, 0.2) is 71.9 Å². The van der Waals surface area contributed by atoms with E-state index in [9.17, 15) is 4.79 Å². The van der Waals surface area contributed by atoms with Gasteiger partial charge in [-0.25, -0.2) is 0 Å². The molecule has 0 bridgehead atoms. The molecule has 180 valence electrons. The minimum absolute atomic E-state index is 0.121. The van der Waals surface area contributed by atoms with Crippen molar-refractivity contribution in [2.75, 3.05) is 14.2 Å². The standard InChI is InChI=1S/C25H22Cl2N4O3S/c1-33-19-10-17(11-20(13-19)34-2)24(32)28-14-23-29-30-25(35-15-16-6-4-3-5-7-16)31(23)22-9-8-18(26)12-21(22)27/h3-13H,14-15H2,1-2H3,(H,28,32). The average molecular weight is 529 g/mol. The number of ether oxygens (including phenoxy) is 2. The fourth-order valence-corrected chi connectivity index (χ4v) is 4.75. The first-order chi connectivity index (χ1) is 17.0. The van der Waals surface area contributed by atoms with Gasteiger partial charge in [-0.2, -0.15) is 0 Å². The lowest BCUT2D eigenvalue weighted by Crippen LogP contribution is -2.24. The molecule has 0 aliphatic rings. The lowest BCUT2D eigenvalue weighted by molar-refractivity contribution is 0.0949. The van der Waals surface area contributed by atoms with Gasteiger partial charge in [0.2, 0.25) is 0 Å². The molecular formula is C25H22Cl2N4O3S. The van der Waals surface area contributed by atoms with Crippen molar-refractivity contribution in [1.82, 2.24) is 20.1 Å². The Balaban J connectivity index is 1.60. The van der Waals surface area contributed by atoms with Gasteiger partial charge in [0.15, 0.2) is 11.0 Å². The molecular weight excluding hydrogens is 507 g/mol. The number of methoxy groups -OCH3 is 2. The zero-order chi connectivity index (χ0) is 24.8. The summed E-state index contributed by atoms with van der Waals surface area (Å²) in [7, 11) is 3.06. The number of nitrogens with zero attached hydrogens (tertiary/aromatic N) is 3. The number of halogens is 2. The average Bonchev–Trinajstić information content (AvgIpc) is 3.28. The Labute approximate surface area is 217 Å². The summed E-state index contributed by atoms with van der Waals surface area (Å²) in [6.45, 7) is 0.121. The van der Waals surface area contributed by atoms with Gasteiger partial charge in [0.25, 0.3) is 5.91 Å². The zero-order valence-electron chi connectivity index (χ0n) is 19.0. The molecule has 0 saturated heterocycles. The van der Waals surface area contributed by atoms with Crippen molar-refractivity contribution in [2.24, 2.45) is 0 Å².